The first-order valence-electron chi connectivity index (χ1n) is 4.19. The van der Waals surface area contributed by atoms with E-state index in [1.54, 1.807) is 7.11 Å². The van der Waals surface area contributed by atoms with Gasteiger partial charge in [-0.2, -0.15) is 0 Å². The van der Waals surface area contributed by atoms with Gasteiger partial charge in [-0.15, -0.1) is 0 Å². The average molecular weight is 159 g/mol. The van der Waals surface area contributed by atoms with E-state index >= 15 is 0 Å². The van der Waals surface area contributed by atoms with E-state index in [2.05, 4.69) is 6.92 Å². The van der Waals surface area contributed by atoms with Crippen LogP contribution < -0.4 is 5.73 Å². The van der Waals surface area contributed by atoms with Crippen LogP contribution in [0.1, 0.15) is 19.8 Å². The lowest BCUT2D eigenvalue weighted by Crippen LogP contribution is -2.57. The van der Waals surface area contributed by atoms with Crippen LogP contribution in [-0.4, -0.2) is 32.0 Å². The third-order valence-corrected chi connectivity index (χ3v) is 2.11. The van der Waals surface area contributed by atoms with Gasteiger partial charge in [0.15, 0.2) is 0 Å². The summed E-state index contributed by atoms with van der Waals surface area (Å²) >= 11 is 0. The molecule has 1 aliphatic carbocycles. The molecule has 0 spiro atoms. The van der Waals surface area contributed by atoms with Crippen molar-refractivity contribution in [3.63, 3.8) is 0 Å². The zero-order valence-electron chi connectivity index (χ0n) is 7.25. The molecule has 0 saturated heterocycles. The lowest BCUT2D eigenvalue weighted by atomic mass is 9.86. The monoisotopic (exact) mass is 159 g/mol. The molecule has 1 saturated carbocycles. The maximum atomic E-state index is 5.72. The minimum atomic E-state index is 0.139. The van der Waals surface area contributed by atoms with Crippen LogP contribution in [0.5, 0.6) is 0 Å². The number of ether oxygens (including phenoxy) is 2. The van der Waals surface area contributed by atoms with E-state index in [1.807, 2.05) is 0 Å². The Labute approximate surface area is 67.9 Å². The Hall–Kier alpha value is -0.120. The van der Waals surface area contributed by atoms with Gasteiger partial charge in [0, 0.05) is 19.8 Å². The van der Waals surface area contributed by atoms with E-state index in [4.69, 9.17) is 15.2 Å². The van der Waals surface area contributed by atoms with Gasteiger partial charge in [-0.25, -0.2) is 0 Å². The fourth-order valence-electron chi connectivity index (χ4n) is 1.33. The molecule has 3 nitrogen and oxygen atoms in total. The molecule has 66 valence electrons. The van der Waals surface area contributed by atoms with Crippen LogP contribution in [0.4, 0.5) is 0 Å². The summed E-state index contributed by atoms with van der Waals surface area (Å²) in [4.78, 5) is 0. The van der Waals surface area contributed by atoms with Crippen molar-refractivity contribution in [2.24, 2.45) is 5.73 Å². The second-order valence-corrected chi connectivity index (χ2v) is 3.01. The van der Waals surface area contributed by atoms with Crippen LogP contribution in [0.25, 0.3) is 0 Å². The van der Waals surface area contributed by atoms with Gasteiger partial charge in [0.2, 0.25) is 0 Å². The smallest absolute Gasteiger partial charge is 0.0988 e. The van der Waals surface area contributed by atoms with Gasteiger partial charge in [-0.05, 0) is 12.8 Å². The molecule has 3 heteroatoms. The molecule has 2 N–H and O–H groups in total. The lowest BCUT2D eigenvalue weighted by Gasteiger charge is -2.40. The first-order chi connectivity index (χ1) is 5.29. The van der Waals surface area contributed by atoms with E-state index in [0.29, 0.717) is 0 Å². The summed E-state index contributed by atoms with van der Waals surface area (Å²) in [6.07, 6.45) is 2.35. The Morgan fingerprint density at radius 2 is 2.27 bits per heavy atom. The van der Waals surface area contributed by atoms with Crippen molar-refractivity contribution < 1.29 is 9.47 Å². The largest absolute Gasteiger partial charge is 0.379 e. The summed E-state index contributed by atoms with van der Waals surface area (Å²) in [6, 6.07) is 0.187. The highest BCUT2D eigenvalue weighted by atomic mass is 16.5. The maximum Gasteiger partial charge on any atom is 0.0988 e. The van der Waals surface area contributed by atoms with E-state index in [1.165, 1.54) is 0 Å². The highest BCUT2D eigenvalue weighted by molar-refractivity contribution is 4.94. The van der Waals surface area contributed by atoms with Crippen LogP contribution in [0.15, 0.2) is 0 Å². The number of methoxy groups -OCH3 is 1. The highest BCUT2D eigenvalue weighted by Gasteiger charge is 2.39. The van der Waals surface area contributed by atoms with Crippen molar-refractivity contribution in [3.05, 3.63) is 0 Å². The summed E-state index contributed by atoms with van der Waals surface area (Å²) in [6.45, 7) is 2.88. The normalized spacial score (nSPS) is 36.8. The fourth-order valence-corrected chi connectivity index (χ4v) is 1.33. The van der Waals surface area contributed by atoms with E-state index < -0.39 is 0 Å². The molecule has 0 aliphatic heterocycles. The van der Waals surface area contributed by atoms with Crippen molar-refractivity contribution >= 4 is 0 Å². The molecular weight excluding hydrogens is 142 g/mol. The molecule has 0 bridgehead atoms. The molecule has 0 aromatic rings. The quantitative estimate of drug-likeness (QED) is 0.650. The number of hydrogen-bond acceptors (Lipinski definition) is 3. The molecule has 0 aromatic heterocycles. The summed E-state index contributed by atoms with van der Waals surface area (Å²) in [7, 11) is 1.71. The molecule has 0 aromatic carbocycles. The molecule has 1 fully saturated rings. The molecule has 3 atom stereocenters. The second-order valence-electron chi connectivity index (χ2n) is 3.01. The minimum absolute atomic E-state index is 0.139. The van der Waals surface area contributed by atoms with Crippen molar-refractivity contribution in [1.82, 2.24) is 0 Å². The lowest BCUT2D eigenvalue weighted by molar-refractivity contribution is -0.125. The predicted molar refractivity (Wildman–Crippen MR) is 43.4 cm³/mol. The van der Waals surface area contributed by atoms with Crippen LogP contribution in [-0.2, 0) is 9.47 Å². The number of nitrogens with two attached hydrogens (primary N) is 1. The van der Waals surface area contributed by atoms with Gasteiger partial charge in [0.05, 0.1) is 12.2 Å². The van der Waals surface area contributed by atoms with E-state index in [9.17, 15) is 0 Å². The predicted octanol–water partition coefficient (Wildman–Crippen LogP) is 0.528. The van der Waals surface area contributed by atoms with Crippen molar-refractivity contribution in [2.75, 3.05) is 13.7 Å². The van der Waals surface area contributed by atoms with Crippen molar-refractivity contribution in [1.29, 1.82) is 0 Å². The standard InChI is InChI=1S/C8H17NO2/c1-3-4-11-8-6(9)5-7(8)10-2/h6-8H,3-5,9H2,1-2H3. The van der Waals surface area contributed by atoms with Gasteiger partial charge in [-0.1, -0.05) is 6.92 Å². The Kier molecular flexibility index (Phi) is 3.30. The summed E-state index contributed by atoms with van der Waals surface area (Å²) in [5, 5.41) is 0. The van der Waals surface area contributed by atoms with E-state index in [-0.39, 0.29) is 18.2 Å². The molecule has 0 heterocycles. The van der Waals surface area contributed by atoms with Crippen LogP contribution in [0, 0.1) is 0 Å². The van der Waals surface area contributed by atoms with Crippen molar-refractivity contribution in [2.45, 2.75) is 38.0 Å². The highest BCUT2D eigenvalue weighted by Crippen LogP contribution is 2.24. The average Bonchev–Trinajstić information content (AvgIpc) is 2.00. The molecule has 1 aliphatic rings. The Bertz CT molecular complexity index is 119. The Morgan fingerprint density at radius 3 is 2.73 bits per heavy atom. The number of hydrogen-bond donors (Lipinski definition) is 1. The number of rotatable bonds is 4. The third kappa shape index (κ3) is 1.92. The Balaban J connectivity index is 2.19. The van der Waals surface area contributed by atoms with Gasteiger partial charge in [-0.3, -0.25) is 0 Å². The van der Waals surface area contributed by atoms with Crippen LogP contribution in [0.3, 0.4) is 0 Å². The van der Waals surface area contributed by atoms with Gasteiger partial charge in [0.1, 0.15) is 0 Å². The maximum absolute atomic E-state index is 5.72. The third-order valence-electron chi connectivity index (χ3n) is 2.11. The second kappa shape index (κ2) is 4.04. The Morgan fingerprint density at radius 1 is 1.55 bits per heavy atom. The van der Waals surface area contributed by atoms with E-state index in [0.717, 1.165) is 19.4 Å². The summed E-state index contributed by atoms with van der Waals surface area (Å²) < 4.78 is 10.7. The zero-order chi connectivity index (χ0) is 8.27. The van der Waals surface area contributed by atoms with Gasteiger partial charge in [0.25, 0.3) is 0 Å². The molecule has 0 radical (unpaired) electrons. The summed E-state index contributed by atoms with van der Waals surface area (Å²) in [5.74, 6) is 0. The molecule has 0 amide bonds. The summed E-state index contributed by atoms with van der Waals surface area (Å²) in [5.41, 5.74) is 5.72. The van der Waals surface area contributed by atoms with Crippen LogP contribution in [0.2, 0.25) is 0 Å². The first kappa shape index (κ1) is 8.97. The molecular formula is C8H17NO2. The van der Waals surface area contributed by atoms with Gasteiger partial charge >= 0.3 is 0 Å². The fraction of sp³-hybridized carbons (Fsp3) is 1.00. The minimum Gasteiger partial charge on any atom is -0.379 e. The molecule has 3 unspecified atom stereocenters. The molecule has 1 rings (SSSR count). The molecule has 11 heavy (non-hydrogen) atoms. The first-order valence-corrected chi connectivity index (χ1v) is 4.19. The van der Waals surface area contributed by atoms with Crippen LogP contribution >= 0.6 is 0 Å². The topological polar surface area (TPSA) is 44.5 Å². The van der Waals surface area contributed by atoms with Crippen molar-refractivity contribution in [3.8, 4) is 0 Å². The SMILES string of the molecule is CCCOC1C(N)CC1OC. The zero-order valence-corrected chi connectivity index (χ0v) is 7.25. The van der Waals surface area contributed by atoms with Gasteiger partial charge < -0.3 is 15.2 Å².